The van der Waals surface area contributed by atoms with E-state index in [2.05, 4.69) is 34.6 Å². The topological polar surface area (TPSA) is 9.23 Å². The zero-order chi connectivity index (χ0) is 17.1. The van der Waals surface area contributed by atoms with Crippen molar-refractivity contribution >= 4 is 0 Å². The molecule has 0 saturated carbocycles. The lowest BCUT2D eigenvalue weighted by Crippen LogP contribution is -2.05. The normalized spacial score (nSPS) is 14.0. The van der Waals surface area contributed by atoms with E-state index in [0.29, 0.717) is 0 Å². The van der Waals surface area contributed by atoms with E-state index in [-0.39, 0.29) is 0 Å². The van der Waals surface area contributed by atoms with Gasteiger partial charge in [0.25, 0.3) is 0 Å². The van der Waals surface area contributed by atoms with Crippen molar-refractivity contribution in [2.75, 3.05) is 6.61 Å². The quantitative estimate of drug-likeness (QED) is 0.407. The molecule has 1 heteroatoms. The number of rotatable bonds is 12. The maximum absolute atomic E-state index is 5.81. The molecule has 0 fully saturated rings. The average Bonchev–Trinajstić information content (AvgIpc) is 2.49. The molecule has 2 atom stereocenters. The van der Waals surface area contributed by atoms with Gasteiger partial charge in [-0.05, 0) is 48.8 Å². The van der Waals surface area contributed by atoms with Crippen molar-refractivity contribution in [1.29, 1.82) is 0 Å². The van der Waals surface area contributed by atoms with Gasteiger partial charge in [-0.2, -0.15) is 0 Å². The van der Waals surface area contributed by atoms with E-state index in [1.807, 2.05) is 24.3 Å². The van der Waals surface area contributed by atoms with E-state index in [0.717, 1.165) is 42.1 Å². The summed E-state index contributed by atoms with van der Waals surface area (Å²) < 4.78 is 5.81. The molecule has 2 unspecified atom stereocenters. The molecular weight excluding hydrogens is 280 g/mol. The highest BCUT2D eigenvalue weighted by atomic mass is 16.5. The van der Waals surface area contributed by atoms with Crippen molar-refractivity contribution in [2.45, 2.75) is 72.6 Å². The molecular formula is C22H37O. The second-order valence-electron chi connectivity index (χ2n) is 7.75. The molecule has 0 aliphatic heterocycles. The van der Waals surface area contributed by atoms with Crippen LogP contribution >= 0.6 is 0 Å². The van der Waals surface area contributed by atoms with Crippen molar-refractivity contribution in [1.82, 2.24) is 0 Å². The number of ether oxygens (including phenoxy) is 1. The SMILES string of the molecule is [CH2]c1ccc(OCCC(C)CCCC(C)CCCC(C)C)cc1. The molecule has 1 aromatic carbocycles. The van der Waals surface area contributed by atoms with Crippen LogP contribution in [0.3, 0.4) is 0 Å². The Hall–Kier alpha value is -0.980. The van der Waals surface area contributed by atoms with Crippen LogP contribution < -0.4 is 4.74 Å². The van der Waals surface area contributed by atoms with E-state index in [1.165, 1.54) is 38.5 Å². The van der Waals surface area contributed by atoms with E-state index >= 15 is 0 Å². The van der Waals surface area contributed by atoms with Gasteiger partial charge in [-0.25, -0.2) is 0 Å². The molecule has 23 heavy (non-hydrogen) atoms. The van der Waals surface area contributed by atoms with Gasteiger partial charge in [0.2, 0.25) is 0 Å². The zero-order valence-corrected chi connectivity index (χ0v) is 15.8. The minimum Gasteiger partial charge on any atom is -0.494 e. The highest BCUT2D eigenvalue weighted by Gasteiger charge is 2.07. The predicted molar refractivity (Wildman–Crippen MR) is 102 cm³/mol. The van der Waals surface area contributed by atoms with Gasteiger partial charge >= 0.3 is 0 Å². The number of benzene rings is 1. The highest BCUT2D eigenvalue weighted by Crippen LogP contribution is 2.20. The Kier molecular flexibility index (Phi) is 10.1. The molecule has 0 N–H and O–H groups in total. The summed E-state index contributed by atoms with van der Waals surface area (Å²) in [6, 6.07) is 8.01. The van der Waals surface area contributed by atoms with Gasteiger partial charge in [0, 0.05) is 0 Å². The van der Waals surface area contributed by atoms with Crippen LogP contribution in [0.15, 0.2) is 24.3 Å². The van der Waals surface area contributed by atoms with E-state index < -0.39 is 0 Å². The molecule has 0 aromatic heterocycles. The molecule has 0 saturated heterocycles. The maximum atomic E-state index is 5.81. The Morgan fingerprint density at radius 1 is 0.783 bits per heavy atom. The van der Waals surface area contributed by atoms with Gasteiger partial charge in [0.1, 0.15) is 5.75 Å². The first-order valence-electron chi connectivity index (χ1n) is 9.52. The Morgan fingerprint density at radius 3 is 1.87 bits per heavy atom. The average molecular weight is 318 g/mol. The third-order valence-corrected chi connectivity index (χ3v) is 4.67. The van der Waals surface area contributed by atoms with Gasteiger partial charge in [-0.3, -0.25) is 0 Å². The fraction of sp³-hybridized carbons (Fsp3) is 0.682. The van der Waals surface area contributed by atoms with Crippen LogP contribution in [0.2, 0.25) is 0 Å². The van der Waals surface area contributed by atoms with Crippen molar-refractivity contribution in [3.8, 4) is 5.75 Å². The molecule has 0 spiro atoms. The van der Waals surface area contributed by atoms with Gasteiger partial charge in [-0.15, -0.1) is 0 Å². The Labute approximate surface area is 144 Å². The Morgan fingerprint density at radius 2 is 1.30 bits per heavy atom. The van der Waals surface area contributed by atoms with Crippen LogP contribution in [-0.4, -0.2) is 6.61 Å². The lowest BCUT2D eigenvalue weighted by molar-refractivity contribution is 0.274. The summed E-state index contributed by atoms with van der Waals surface area (Å²) in [6.07, 6.45) is 9.40. The predicted octanol–water partition coefficient (Wildman–Crippen LogP) is 6.91. The van der Waals surface area contributed by atoms with Gasteiger partial charge in [-0.1, -0.05) is 78.4 Å². The lowest BCUT2D eigenvalue weighted by Gasteiger charge is -2.15. The molecule has 0 bridgehead atoms. The minimum atomic E-state index is 0.755. The monoisotopic (exact) mass is 317 g/mol. The molecule has 1 aromatic rings. The molecule has 1 nitrogen and oxygen atoms in total. The maximum Gasteiger partial charge on any atom is 0.119 e. The Balaban J connectivity index is 2.03. The molecule has 0 aliphatic rings. The van der Waals surface area contributed by atoms with E-state index in [1.54, 1.807) is 0 Å². The first kappa shape index (κ1) is 20.1. The molecule has 1 radical (unpaired) electrons. The van der Waals surface area contributed by atoms with Gasteiger partial charge in [0.05, 0.1) is 6.61 Å². The minimum absolute atomic E-state index is 0.755. The third-order valence-electron chi connectivity index (χ3n) is 4.67. The second-order valence-corrected chi connectivity index (χ2v) is 7.75. The molecule has 0 amide bonds. The van der Waals surface area contributed by atoms with Crippen LogP contribution in [0.4, 0.5) is 0 Å². The first-order valence-corrected chi connectivity index (χ1v) is 9.52. The fourth-order valence-corrected chi connectivity index (χ4v) is 2.94. The molecule has 0 aliphatic carbocycles. The van der Waals surface area contributed by atoms with Crippen molar-refractivity contribution in [3.63, 3.8) is 0 Å². The van der Waals surface area contributed by atoms with Gasteiger partial charge < -0.3 is 4.74 Å². The first-order chi connectivity index (χ1) is 11.0. The summed E-state index contributed by atoms with van der Waals surface area (Å²) in [4.78, 5) is 0. The zero-order valence-electron chi connectivity index (χ0n) is 15.8. The standard InChI is InChI=1S/C22H37O/c1-18(2)8-6-9-19(3)10-7-11-20(4)16-17-23-22-14-12-21(5)13-15-22/h12-15,18-20H,5-11,16-17H2,1-4H3. The van der Waals surface area contributed by atoms with Crippen molar-refractivity contribution in [2.24, 2.45) is 17.8 Å². The lowest BCUT2D eigenvalue weighted by atomic mass is 9.93. The van der Waals surface area contributed by atoms with Crippen LogP contribution in [0.1, 0.15) is 78.2 Å². The van der Waals surface area contributed by atoms with E-state index in [4.69, 9.17) is 4.74 Å². The van der Waals surface area contributed by atoms with Crippen molar-refractivity contribution in [3.05, 3.63) is 36.8 Å². The second kappa shape index (κ2) is 11.5. The molecule has 0 heterocycles. The highest BCUT2D eigenvalue weighted by molar-refractivity contribution is 5.28. The summed E-state index contributed by atoms with van der Waals surface area (Å²) >= 11 is 0. The van der Waals surface area contributed by atoms with E-state index in [9.17, 15) is 0 Å². The third kappa shape index (κ3) is 10.4. The molecule has 1 rings (SSSR count). The summed E-state index contributed by atoms with van der Waals surface area (Å²) in [6.45, 7) is 14.1. The summed E-state index contributed by atoms with van der Waals surface area (Å²) in [5.74, 6) is 3.46. The summed E-state index contributed by atoms with van der Waals surface area (Å²) in [5, 5.41) is 0. The fourth-order valence-electron chi connectivity index (χ4n) is 2.94. The van der Waals surface area contributed by atoms with Crippen LogP contribution in [0.25, 0.3) is 0 Å². The Bertz CT molecular complexity index is 393. The van der Waals surface area contributed by atoms with Crippen molar-refractivity contribution < 1.29 is 4.74 Å². The smallest absolute Gasteiger partial charge is 0.119 e. The van der Waals surface area contributed by atoms with Crippen LogP contribution in [0, 0.1) is 24.7 Å². The summed E-state index contributed by atoms with van der Waals surface area (Å²) in [7, 11) is 0. The van der Waals surface area contributed by atoms with Gasteiger partial charge in [0.15, 0.2) is 0 Å². The number of hydrogen-bond donors (Lipinski definition) is 0. The number of hydrogen-bond acceptors (Lipinski definition) is 1. The molecule has 131 valence electrons. The summed E-state index contributed by atoms with van der Waals surface area (Å²) in [5.41, 5.74) is 1.04. The van der Waals surface area contributed by atoms with Crippen LogP contribution in [-0.2, 0) is 0 Å². The largest absolute Gasteiger partial charge is 0.494 e. The van der Waals surface area contributed by atoms with Crippen LogP contribution in [0.5, 0.6) is 5.75 Å².